The Kier molecular flexibility index (Phi) is 4.62. The van der Waals surface area contributed by atoms with E-state index in [2.05, 4.69) is 25.3 Å². The fourth-order valence-electron chi connectivity index (χ4n) is 3.74. The Balaban J connectivity index is 1.74. The van der Waals surface area contributed by atoms with Gasteiger partial charge >= 0.3 is 0 Å². The van der Waals surface area contributed by atoms with E-state index in [1.165, 1.54) is 18.7 Å². The number of aromatic amines is 1. The number of hydrogen-bond donors (Lipinski definition) is 2. The molecule has 7 nitrogen and oxygen atoms in total. The second-order valence-electron chi connectivity index (χ2n) is 7.23. The molecule has 5 rings (SSSR count). The summed E-state index contributed by atoms with van der Waals surface area (Å²) < 4.78 is 43.6. The highest BCUT2D eigenvalue weighted by Gasteiger charge is 2.20. The summed E-state index contributed by atoms with van der Waals surface area (Å²) in [4.78, 5) is 28.7. The second-order valence-corrected chi connectivity index (χ2v) is 7.23. The van der Waals surface area contributed by atoms with Gasteiger partial charge in [0.05, 0.1) is 23.4 Å². The van der Waals surface area contributed by atoms with Gasteiger partial charge in [-0.05, 0) is 36.6 Å². The number of benzene rings is 2. The Bertz CT molecular complexity index is 1520. The number of nitrogens with one attached hydrogen (secondary N) is 2. The Labute approximate surface area is 178 Å². The Morgan fingerprint density at radius 1 is 1.03 bits per heavy atom. The highest BCUT2D eigenvalue weighted by molar-refractivity contribution is 5.84. The molecule has 160 valence electrons. The van der Waals surface area contributed by atoms with E-state index < -0.39 is 29.1 Å². The maximum atomic E-state index is 14.5. The van der Waals surface area contributed by atoms with Crippen molar-refractivity contribution < 1.29 is 13.2 Å². The molecule has 0 aliphatic rings. The average molecular weight is 436 g/mol. The summed E-state index contributed by atoms with van der Waals surface area (Å²) in [6, 6.07) is 8.00. The predicted octanol–water partition coefficient (Wildman–Crippen LogP) is 4.25. The number of H-pyrrole nitrogens is 1. The number of nitrogens with zero attached hydrogens (tertiary/aromatic N) is 4. The molecule has 0 aliphatic carbocycles. The summed E-state index contributed by atoms with van der Waals surface area (Å²) in [5, 5.41) is 3.34. The maximum absolute atomic E-state index is 14.5. The molecule has 0 aliphatic heterocycles. The van der Waals surface area contributed by atoms with Gasteiger partial charge in [-0.2, -0.15) is 0 Å². The number of fused-ring (bicyclic) bond motifs is 2. The third-order valence-electron chi connectivity index (χ3n) is 5.14. The van der Waals surface area contributed by atoms with Crippen LogP contribution in [-0.4, -0.2) is 24.5 Å². The number of rotatable bonds is 4. The molecular weight excluding hydrogens is 421 g/mol. The summed E-state index contributed by atoms with van der Waals surface area (Å²) in [7, 11) is 0. The molecule has 3 aromatic heterocycles. The summed E-state index contributed by atoms with van der Waals surface area (Å²) in [5.41, 5.74) is 0.549. The van der Waals surface area contributed by atoms with E-state index in [-0.39, 0.29) is 11.1 Å². The van der Waals surface area contributed by atoms with Crippen molar-refractivity contribution in [1.29, 1.82) is 0 Å². The van der Waals surface area contributed by atoms with Gasteiger partial charge in [0.1, 0.15) is 29.3 Å². The Hall–Kier alpha value is -4.21. The number of pyridine rings is 1. The fourth-order valence-corrected chi connectivity index (χ4v) is 3.74. The third kappa shape index (κ3) is 3.25. The molecule has 0 radical (unpaired) electrons. The van der Waals surface area contributed by atoms with Gasteiger partial charge in [-0.15, -0.1) is 0 Å². The van der Waals surface area contributed by atoms with Gasteiger partial charge in [0.15, 0.2) is 11.5 Å². The molecule has 0 bridgehead atoms. The van der Waals surface area contributed by atoms with Gasteiger partial charge < -0.3 is 10.3 Å². The second kappa shape index (κ2) is 7.49. The molecule has 0 saturated carbocycles. The van der Waals surface area contributed by atoms with Gasteiger partial charge in [0.2, 0.25) is 0 Å². The van der Waals surface area contributed by atoms with E-state index >= 15 is 0 Å². The van der Waals surface area contributed by atoms with Gasteiger partial charge in [-0.3, -0.25) is 9.36 Å². The van der Waals surface area contributed by atoms with Crippen molar-refractivity contribution in [3.63, 3.8) is 0 Å². The molecule has 32 heavy (non-hydrogen) atoms. The summed E-state index contributed by atoms with van der Waals surface area (Å²) in [6.07, 6.45) is 2.82. The minimum Gasteiger partial charge on any atom is -0.360 e. The smallest absolute Gasteiger partial charge is 0.266 e. The topological polar surface area (TPSA) is 88.5 Å². The van der Waals surface area contributed by atoms with E-state index in [0.717, 1.165) is 22.8 Å². The van der Waals surface area contributed by atoms with Crippen LogP contribution in [-0.2, 0) is 0 Å². The zero-order valence-electron chi connectivity index (χ0n) is 16.6. The summed E-state index contributed by atoms with van der Waals surface area (Å²) in [5.74, 6) is -2.05. The highest BCUT2D eigenvalue weighted by atomic mass is 19.1. The largest absolute Gasteiger partial charge is 0.360 e. The van der Waals surface area contributed by atoms with Gasteiger partial charge in [-0.25, -0.2) is 28.1 Å². The maximum Gasteiger partial charge on any atom is 0.266 e. The highest BCUT2D eigenvalue weighted by Crippen LogP contribution is 2.27. The lowest BCUT2D eigenvalue weighted by molar-refractivity contribution is 0.580. The Morgan fingerprint density at radius 3 is 2.59 bits per heavy atom. The van der Waals surface area contributed by atoms with Crippen LogP contribution in [0.25, 0.3) is 27.6 Å². The van der Waals surface area contributed by atoms with E-state index in [1.807, 2.05) is 0 Å². The SMILES string of the molecule is C[C@H](Nc1ncnc2[nH]cnc12)c1cc2cccc(F)c2c(=O)n1-c1cc(F)cc(F)c1. The standard InChI is InChI=1S/C22H15F3N6O/c1-11(30-21-19-20(27-9-26-19)28-10-29-21)17-5-12-3-2-4-16(25)18(12)22(32)31(17)15-7-13(23)6-14(24)8-15/h2-11H,1H3,(H2,26,27,28,29,30)/t11-/m0/s1. The van der Waals surface area contributed by atoms with E-state index in [4.69, 9.17) is 0 Å². The lowest BCUT2D eigenvalue weighted by Crippen LogP contribution is -2.26. The van der Waals surface area contributed by atoms with Crippen LogP contribution in [0.1, 0.15) is 18.7 Å². The van der Waals surface area contributed by atoms with E-state index in [0.29, 0.717) is 34.1 Å². The van der Waals surface area contributed by atoms with E-state index in [9.17, 15) is 18.0 Å². The predicted molar refractivity (Wildman–Crippen MR) is 113 cm³/mol. The van der Waals surface area contributed by atoms with Crippen LogP contribution in [0.4, 0.5) is 19.0 Å². The number of hydrogen-bond acceptors (Lipinski definition) is 5. The number of aromatic nitrogens is 5. The van der Waals surface area contributed by atoms with Crippen LogP contribution in [0.2, 0.25) is 0 Å². The molecular formula is C22H15F3N6O. The van der Waals surface area contributed by atoms with Crippen LogP contribution < -0.4 is 10.9 Å². The molecule has 5 aromatic rings. The zero-order chi connectivity index (χ0) is 22.4. The quantitative estimate of drug-likeness (QED) is 0.440. The first kappa shape index (κ1) is 19.7. The first-order valence-corrected chi connectivity index (χ1v) is 9.63. The number of anilines is 1. The van der Waals surface area contributed by atoms with Gasteiger partial charge in [-0.1, -0.05) is 12.1 Å². The van der Waals surface area contributed by atoms with Crippen LogP contribution in [0.5, 0.6) is 0 Å². The lowest BCUT2D eigenvalue weighted by atomic mass is 10.1. The van der Waals surface area contributed by atoms with Crippen molar-refractivity contribution in [2.75, 3.05) is 5.32 Å². The fraction of sp³-hybridized carbons (Fsp3) is 0.0909. The molecule has 2 N–H and O–H groups in total. The molecule has 0 fully saturated rings. The number of imidazole rings is 1. The first-order valence-electron chi connectivity index (χ1n) is 9.63. The van der Waals surface area contributed by atoms with Crippen molar-refractivity contribution in [2.45, 2.75) is 13.0 Å². The van der Waals surface area contributed by atoms with Crippen LogP contribution >= 0.6 is 0 Å². The van der Waals surface area contributed by atoms with Crippen LogP contribution in [0.15, 0.2) is 59.9 Å². The molecule has 2 aromatic carbocycles. The molecule has 0 spiro atoms. The molecule has 0 saturated heterocycles. The normalized spacial score (nSPS) is 12.4. The van der Waals surface area contributed by atoms with Crippen LogP contribution in [0.3, 0.4) is 0 Å². The van der Waals surface area contributed by atoms with Crippen LogP contribution in [0, 0.1) is 17.5 Å². The lowest BCUT2D eigenvalue weighted by Gasteiger charge is -2.21. The number of halogens is 3. The van der Waals surface area contributed by atoms with Gasteiger partial charge in [0.25, 0.3) is 5.56 Å². The van der Waals surface area contributed by atoms with Gasteiger partial charge in [0, 0.05) is 11.8 Å². The first-order chi connectivity index (χ1) is 15.4. The van der Waals surface area contributed by atoms with Crippen molar-refractivity contribution >= 4 is 27.8 Å². The average Bonchev–Trinajstić information content (AvgIpc) is 3.22. The summed E-state index contributed by atoms with van der Waals surface area (Å²) in [6.45, 7) is 1.74. The third-order valence-corrected chi connectivity index (χ3v) is 5.14. The molecule has 0 amide bonds. The van der Waals surface area contributed by atoms with Crippen molar-refractivity contribution in [3.8, 4) is 5.69 Å². The minimum absolute atomic E-state index is 0.0612. The molecule has 3 heterocycles. The molecule has 10 heteroatoms. The van der Waals surface area contributed by atoms with E-state index in [1.54, 1.807) is 19.1 Å². The van der Waals surface area contributed by atoms with Crippen molar-refractivity contribution in [2.24, 2.45) is 0 Å². The monoisotopic (exact) mass is 436 g/mol. The molecule has 0 unspecified atom stereocenters. The Morgan fingerprint density at radius 2 is 1.81 bits per heavy atom. The zero-order valence-corrected chi connectivity index (χ0v) is 16.6. The van der Waals surface area contributed by atoms with Crippen molar-refractivity contribution in [3.05, 3.63) is 88.6 Å². The minimum atomic E-state index is -0.860. The summed E-state index contributed by atoms with van der Waals surface area (Å²) >= 11 is 0. The van der Waals surface area contributed by atoms with Crippen molar-refractivity contribution in [1.82, 2.24) is 24.5 Å². The molecule has 1 atom stereocenters.